The fourth-order valence-electron chi connectivity index (χ4n) is 3.30. The van der Waals surface area contributed by atoms with E-state index in [1.165, 1.54) is 0 Å². The molecule has 0 aliphatic carbocycles. The summed E-state index contributed by atoms with van der Waals surface area (Å²) >= 11 is 0. The zero-order chi connectivity index (χ0) is 24.8. The van der Waals surface area contributed by atoms with Gasteiger partial charge in [-0.1, -0.05) is 27.7 Å². The van der Waals surface area contributed by atoms with Gasteiger partial charge in [0.2, 0.25) is 0 Å². The number of hydrogen-bond acceptors (Lipinski definition) is 9. The highest BCUT2D eigenvalue weighted by atomic mass is 16.7. The van der Waals surface area contributed by atoms with Crippen LogP contribution in [0.5, 0.6) is 0 Å². The average molecular weight is 471 g/mol. The molecule has 9 nitrogen and oxygen atoms in total. The van der Waals surface area contributed by atoms with E-state index in [0.717, 1.165) is 0 Å². The van der Waals surface area contributed by atoms with Gasteiger partial charge in [0.15, 0.2) is 24.4 Å². The minimum atomic E-state index is -1.14. The van der Waals surface area contributed by atoms with E-state index in [-0.39, 0.29) is 38.0 Å². The molecule has 1 fully saturated rings. The van der Waals surface area contributed by atoms with Crippen molar-refractivity contribution in [1.82, 2.24) is 0 Å². The number of hydrogen-bond donors (Lipinski definition) is 0. The summed E-state index contributed by atoms with van der Waals surface area (Å²) < 4.78 is 28.2. The van der Waals surface area contributed by atoms with E-state index in [1.54, 1.807) is 13.0 Å². The van der Waals surface area contributed by atoms with Gasteiger partial charge in [-0.05, 0) is 38.7 Å². The molecule has 0 aromatic heterocycles. The van der Waals surface area contributed by atoms with Crippen LogP contribution in [-0.2, 0) is 42.9 Å². The smallest absolute Gasteiger partial charge is 0.306 e. The van der Waals surface area contributed by atoms with Crippen molar-refractivity contribution in [2.24, 2.45) is 0 Å². The normalized spacial score (nSPS) is 23.4. The Balaban J connectivity index is 3.31. The summed E-state index contributed by atoms with van der Waals surface area (Å²) in [5.41, 5.74) is 0. The number of carbonyl (C=O) groups is 4. The van der Waals surface area contributed by atoms with Gasteiger partial charge < -0.3 is 23.7 Å². The molecule has 33 heavy (non-hydrogen) atoms. The molecule has 188 valence electrons. The number of allylic oxidation sites excluding steroid dienone is 1. The highest BCUT2D eigenvalue weighted by Crippen LogP contribution is 2.32. The van der Waals surface area contributed by atoms with Crippen LogP contribution >= 0.6 is 0 Å². The predicted molar refractivity (Wildman–Crippen MR) is 119 cm³/mol. The standard InChI is InChI=1S/C24H38O9/c1-6-11-18(25)29-15-17-23(32-20(27)13-8-3)24(33-21(28)14-9-4)22(16(10-5)30-17)31-19(26)12-7-2/h10,17,22-24H,6-9,11-15H2,1-5H3/b16-10+/t17-,22+,23+,24-/m1/s1. The molecule has 0 aromatic rings. The Morgan fingerprint density at radius 1 is 0.727 bits per heavy atom. The van der Waals surface area contributed by atoms with E-state index < -0.39 is 48.3 Å². The summed E-state index contributed by atoms with van der Waals surface area (Å²) in [5.74, 6) is -1.70. The van der Waals surface area contributed by atoms with Crippen molar-refractivity contribution in [3.8, 4) is 0 Å². The zero-order valence-corrected chi connectivity index (χ0v) is 20.4. The van der Waals surface area contributed by atoms with Crippen LogP contribution in [0, 0.1) is 0 Å². The van der Waals surface area contributed by atoms with E-state index in [2.05, 4.69) is 0 Å². The second-order valence-corrected chi connectivity index (χ2v) is 7.85. The van der Waals surface area contributed by atoms with E-state index in [1.807, 2.05) is 27.7 Å². The summed E-state index contributed by atoms with van der Waals surface area (Å²) in [6.07, 6.45) is 0.296. The van der Waals surface area contributed by atoms with E-state index in [4.69, 9.17) is 23.7 Å². The molecule has 0 spiro atoms. The van der Waals surface area contributed by atoms with Crippen molar-refractivity contribution in [1.29, 1.82) is 0 Å². The number of ether oxygens (including phenoxy) is 5. The van der Waals surface area contributed by atoms with Crippen molar-refractivity contribution in [3.63, 3.8) is 0 Å². The second-order valence-electron chi connectivity index (χ2n) is 7.85. The monoisotopic (exact) mass is 470 g/mol. The van der Waals surface area contributed by atoms with Gasteiger partial charge in [-0.3, -0.25) is 19.2 Å². The van der Waals surface area contributed by atoms with Crippen LogP contribution in [0.1, 0.15) is 86.0 Å². The lowest BCUT2D eigenvalue weighted by Gasteiger charge is -2.42. The molecule has 0 N–H and O–H groups in total. The van der Waals surface area contributed by atoms with Crippen LogP contribution in [0.2, 0.25) is 0 Å². The predicted octanol–water partition coefficient (Wildman–Crippen LogP) is 3.77. The quantitative estimate of drug-likeness (QED) is 0.293. The first kappa shape index (κ1) is 28.5. The fraction of sp³-hybridized carbons (Fsp3) is 0.750. The summed E-state index contributed by atoms with van der Waals surface area (Å²) in [5, 5.41) is 0. The fourth-order valence-corrected chi connectivity index (χ4v) is 3.30. The first-order valence-electron chi connectivity index (χ1n) is 11.9. The average Bonchev–Trinajstić information content (AvgIpc) is 2.76. The minimum Gasteiger partial charge on any atom is -0.483 e. The van der Waals surface area contributed by atoms with Gasteiger partial charge in [-0.25, -0.2) is 0 Å². The molecule has 1 saturated heterocycles. The Labute approximate surface area is 196 Å². The molecule has 0 amide bonds. The molecule has 4 atom stereocenters. The maximum absolute atomic E-state index is 12.4. The van der Waals surface area contributed by atoms with Gasteiger partial charge in [0.05, 0.1) is 0 Å². The molecule has 0 radical (unpaired) electrons. The largest absolute Gasteiger partial charge is 0.483 e. The lowest BCUT2D eigenvalue weighted by Crippen LogP contribution is -2.58. The van der Waals surface area contributed by atoms with Crippen molar-refractivity contribution < 1.29 is 42.9 Å². The Hall–Kier alpha value is -2.58. The maximum Gasteiger partial charge on any atom is 0.306 e. The Morgan fingerprint density at radius 2 is 1.18 bits per heavy atom. The summed E-state index contributed by atoms with van der Waals surface area (Å²) in [6.45, 7) is 8.82. The molecule has 0 aromatic carbocycles. The zero-order valence-electron chi connectivity index (χ0n) is 20.4. The van der Waals surface area contributed by atoms with Crippen LogP contribution in [-0.4, -0.2) is 54.9 Å². The Morgan fingerprint density at radius 3 is 1.67 bits per heavy atom. The summed E-state index contributed by atoms with van der Waals surface area (Å²) in [6, 6.07) is 0. The minimum absolute atomic E-state index is 0.143. The molecule has 1 rings (SSSR count). The van der Waals surface area contributed by atoms with Crippen LogP contribution in [0.15, 0.2) is 11.8 Å². The number of carbonyl (C=O) groups excluding carboxylic acids is 4. The topological polar surface area (TPSA) is 114 Å². The first-order chi connectivity index (χ1) is 15.8. The van der Waals surface area contributed by atoms with E-state index in [9.17, 15) is 19.2 Å². The molecule has 1 heterocycles. The molecule has 0 bridgehead atoms. The van der Waals surface area contributed by atoms with Gasteiger partial charge in [0, 0.05) is 25.7 Å². The van der Waals surface area contributed by atoms with Gasteiger partial charge in [0.1, 0.15) is 12.4 Å². The number of rotatable bonds is 13. The molecule has 0 unspecified atom stereocenters. The van der Waals surface area contributed by atoms with E-state index >= 15 is 0 Å². The van der Waals surface area contributed by atoms with Crippen LogP contribution in [0.4, 0.5) is 0 Å². The Kier molecular flexibility index (Phi) is 13.2. The molecule has 0 saturated carbocycles. The highest BCUT2D eigenvalue weighted by molar-refractivity contribution is 5.72. The second kappa shape index (κ2) is 15.3. The third kappa shape index (κ3) is 9.43. The van der Waals surface area contributed by atoms with Crippen LogP contribution < -0.4 is 0 Å². The van der Waals surface area contributed by atoms with Crippen molar-refractivity contribution in [3.05, 3.63) is 11.8 Å². The molecule has 1 aliphatic heterocycles. The molecule has 1 aliphatic rings. The summed E-state index contributed by atoms with van der Waals surface area (Å²) in [4.78, 5) is 49.1. The summed E-state index contributed by atoms with van der Waals surface area (Å²) in [7, 11) is 0. The van der Waals surface area contributed by atoms with Crippen LogP contribution in [0.3, 0.4) is 0 Å². The Bertz CT molecular complexity index is 685. The molecular formula is C24H38O9. The van der Waals surface area contributed by atoms with Gasteiger partial charge in [0.25, 0.3) is 0 Å². The lowest BCUT2D eigenvalue weighted by atomic mass is 9.96. The van der Waals surface area contributed by atoms with E-state index in [0.29, 0.717) is 25.7 Å². The third-order valence-electron chi connectivity index (χ3n) is 4.86. The number of esters is 4. The van der Waals surface area contributed by atoms with Gasteiger partial charge in [-0.2, -0.15) is 0 Å². The SMILES string of the molecule is C/C=C1/O[C@H](COC(=O)CCC)[C@H](OC(=O)CCC)[C@H](OC(=O)CCC)[C@H]1OC(=O)CCC. The first-order valence-corrected chi connectivity index (χ1v) is 11.9. The van der Waals surface area contributed by atoms with Crippen LogP contribution in [0.25, 0.3) is 0 Å². The third-order valence-corrected chi connectivity index (χ3v) is 4.86. The molecular weight excluding hydrogens is 432 g/mol. The lowest BCUT2D eigenvalue weighted by molar-refractivity contribution is -0.217. The molecule has 9 heteroatoms. The van der Waals surface area contributed by atoms with Gasteiger partial charge >= 0.3 is 23.9 Å². The van der Waals surface area contributed by atoms with Crippen molar-refractivity contribution >= 4 is 23.9 Å². The van der Waals surface area contributed by atoms with Gasteiger partial charge in [-0.15, -0.1) is 0 Å². The maximum atomic E-state index is 12.4. The highest BCUT2D eigenvalue weighted by Gasteiger charge is 2.50. The van der Waals surface area contributed by atoms with Crippen molar-refractivity contribution in [2.75, 3.05) is 6.61 Å². The van der Waals surface area contributed by atoms with Crippen molar-refractivity contribution in [2.45, 2.75) is 110 Å².